The van der Waals surface area contributed by atoms with Crippen LogP contribution in [-0.2, 0) is 17.9 Å². The van der Waals surface area contributed by atoms with Crippen LogP contribution >= 0.6 is 11.6 Å². The van der Waals surface area contributed by atoms with E-state index in [4.69, 9.17) is 21.1 Å². The van der Waals surface area contributed by atoms with Gasteiger partial charge >= 0.3 is 5.97 Å². The molecule has 0 radical (unpaired) electrons. The predicted molar refractivity (Wildman–Crippen MR) is 106 cm³/mol. The minimum absolute atomic E-state index is 0.280. The molecule has 2 rings (SSSR count). The van der Waals surface area contributed by atoms with Gasteiger partial charge in [-0.3, -0.25) is 4.79 Å². The molecule has 0 spiro atoms. The number of para-hydroxylation sites is 1. The Morgan fingerprint density at radius 2 is 1.96 bits per heavy atom. The second kappa shape index (κ2) is 10.2. The van der Waals surface area contributed by atoms with Crippen molar-refractivity contribution >= 4 is 17.6 Å². The van der Waals surface area contributed by atoms with Crippen molar-refractivity contribution in [1.82, 2.24) is 5.32 Å². The molecule has 6 heteroatoms. The number of aliphatic carboxylic acids is 1. The first kappa shape index (κ1) is 21.1. The molecule has 0 saturated carbocycles. The van der Waals surface area contributed by atoms with E-state index < -0.39 is 12.0 Å². The second-order valence-electron chi connectivity index (χ2n) is 6.77. The third-order valence-corrected chi connectivity index (χ3v) is 4.33. The van der Waals surface area contributed by atoms with E-state index in [1.165, 1.54) is 0 Å². The van der Waals surface area contributed by atoms with Gasteiger partial charge in [-0.15, -0.1) is 0 Å². The molecule has 27 heavy (non-hydrogen) atoms. The number of nitrogens with one attached hydrogen (secondary N) is 1. The maximum atomic E-state index is 11.5. The summed E-state index contributed by atoms with van der Waals surface area (Å²) in [5, 5.41) is 13.2. The molecule has 0 saturated heterocycles. The summed E-state index contributed by atoms with van der Waals surface area (Å²) < 4.78 is 11.4. The van der Waals surface area contributed by atoms with Crippen LogP contribution in [0.25, 0.3) is 0 Å². The van der Waals surface area contributed by atoms with E-state index in [0.717, 1.165) is 11.1 Å². The Bertz CT molecular complexity index is 764. The van der Waals surface area contributed by atoms with Crippen molar-refractivity contribution in [2.45, 2.75) is 39.5 Å². The summed E-state index contributed by atoms with van der Waals surface area (Å²) in [6.07, 6.45) is 0.554. The molecule has 1 unspecified atom stereocenters. The first-order valence-corrected chi connectivity index (χ1v) is 9.27. The Hall–Kier alpha value is -2.24. The fourth-order valence-electron chi connectivity index (χ4n) is 2.78. The lowest BCUT2D eigenvalue weighted by atomic mass is 10.0. The van der Waals surface area contributed by atoms with Gasteiger partial charge in [-0.1, -0.05) is 49.7 Å². The molecular weight excluding hydrogens is 366 g/mol. The van der Waals surface area contributed by atoms with Gasteiger partial charge in [0.25, 0.3) is 0 Å². The number of carboxylic acid groups (broad SMARTS) is 1. The Morgan fingerprint density at radius 1 is 1.22 bits per heavy atom. The summed E-state index contributed by atoms with van der Waals surface area (Å²) in [6.45, 7) is 4.71. The van der Waals surface area contributed by atoms with Crippen LogP contribution < -0.4 is 14.8 Å². The van der Waals surface area contributed by atoms with Crippen LogP contribution in [0.5, 0.6) is 11.5 Å². The van der Waals surface area contributed by atoms with Gasteiger partial charge in [-0.2, -0.15) is 0 Å². The summed E-state index contributed by atoms with van der Waals surface area (Å²) in [6, 6.07) is 12.4. The fourth-order valence-corrected chi connectivity index (χ4v) is 3.00. The molecule has 0 heterocycles. The number of hydrogen-bond donors (Lipinski definition) is 2. The van der Waals surface area contributed by atoms with Gasteiger partial charge in [0.1, 0.15) is 12.6 Å². The lowest BCUT2D eigenvalue weighted by molar-refractivity contribution is -0.140. The largest absolute Gasteiger partial charge is 0.493 e. The minimum atomic E-state index is -0.854. The number of hydrogen-bond acceptors (Lipinski definition) is 4. The zero-order valence-electron chi connectivity index (χ0n) is 15.9. The second-order valence-corrected chi connectivity index (χ2v) is 7.20. The smallest absolute Gasteiger partial charge is 0.320 e. The van der Waals surface area contributed by atoms with Crippen LogP contribution in [0.3, 0.4) is 0 Å². The van der Waals surface area contributed by atoms with Crippen molar-refractivity contribution in [3.8, 4) is 11.5 Å². The molecule has 0 aromatic heterocycles. The van der Waals surface area contributed by atoms with Crippen LogP contribution in [0.15, 0.2) is 42.5 Å². The Kier molecular flexibility index (Phi) is 7.95. The van der Waals surface area contributed by atoms with Gasteiger partial charge in [-0.25, -0.2) is 0 Å². The predicted octanol–water partition coefficient (Wildman–Crippen LogP) is 4.52. The highest BCUT2D eigenvalue weighted by atomic mass is 35.5. The summed E-state index contributed by atoms with van der Waals surface area (Å²) in [7, 11) is 1.58. The molecule has 0 bridgehead atoms. The fraction of sp³-hybridized carbons (Fsp3) is 0.381. The van der Waals surface area contributed by atoms with Crippen molar-refractivity contribution < 1.29 is 19.4 Å². The van der Waals surface area contributed by atoms with Crippen molar-refractivity contribution in [2.75, 3.05) is 7.11 Å². The van der Waals surface area contributed by atoms with Crippen molar-refractivity contribution in [2.24, 2.45) is 5.92 Å². The summed E-state index contributed by atoms with van der Waals surface area (Å²) in [4.78, 5) is 11.5. The number of carboxylic acids is 1. The van der Waals surface area contributed by atoms with Crippen LogP contribution in [0, 0.1) is 5.92 Å². The standard InChI is InChI=1S/C21H26ClNO4/c1-14(2)10-18(21(24)25)23-12-16-7-5-9-19(26-3)20(16)27-13-15-6-4-8-17(22)11-15/h4-9,11,14,18,23H,10,12-13H2,1-3H3,(H,24,25). The molecule has 0 aliphatic carbocycles. The highest BCUT2D eigenvalue weighted by Gasteiger charge is 2.19. The lowest BCUT2D eigenvalue weighted by Gasteiger charge is -2.19. The molecule has 0 amide bonds. The van der Waals surface area contributed by atoms with Crippen LogP contribution in [0.1, 0.15) is 31.4 Å². The van der Waals surface area contributed by atoms with E-state index in [9.17, 15) is 9.90 Å². The Morgan fingerprint density at radius 3 is 2.59 bits per heavy atom. The quantitative estimate of drug-likeness (QED) is 0.623. The maximum absolute atomic E-state index is 11.5. The topological polar surface area (TPSA) is 67.8 Å². The highest BCUT2D eigenvalue weighted by Crippen LogP contribution is 2.32. The number of ether oxygens (including phenoxy) is 2. The Balaban J connectivity index is 2.15. The number of benzene rings is 2. The Labute approximate surface area is 165 Å². The molecule has 2 N–H and O–H groups in total. The van der Waals surface area contributed by atoms with Gasteiger partial charge in [0, 0.05) is 17.1 Å². The summed E-state index contributed by atoms with van der Waals surface area (Å²) in [5.74, 6) is 0.628. The van der Waals surface area contributed by atoms with Gasteiger partial charge in [0.2, 0.25) is 0 Å². The molecular formula is C21H26ClNO4. The molecule has 2 aromatic rings. The van der Waals surface area contributed by atoms with Gasteiger partial charge in [0.15, 0.2) is 11.5 Å². The molecule has 1 atom stereocenters. The van der Waals surface area contributed by atoms with E-state index >= 15 is 0 Å². The highest BCUT2D eigenvalue weighted by molar-refractivity contribution is 6.30. The van der Waals surface area contributed by atoms with E-state index in [1.807, 2.05) is 56.3 Å². The third kappa shape index (κ3) is 6.45. The summed E-state index contributed by atoms with van der Waals surface area (Å²) in [5.41, 5.74) is 1.78. The average Bonchev–Trinajstić information content (AvgIpc) is 2.63. The maximum Gasteiger partial charge on any atom is 0.320 e. The molecule has 0 aliphatic heterocycles. The molecule has 0 aliphatic rings. The van der Waals surface area contributed by atoms with E-state index in [1.54, 1.807) is 7.11 Å². The third-order valence-electron chi connectivity index (χ3n) is 4.10. The summed E-state index contributed by atoms with van der Waals surface area (Å²) >= 11 is 6.03. The zero-order chi connectivity index (χ0) is 19.8. The van der Waals surface area contributed by atoms with Gasteiger partial charge in [-0.05, 0) is 36.1 Å². The average molecular weight is 392 g/mol. The van der Waals surface area contributed by atoms with E-state index in [2.05, 4.69) is 5.32 Å². The molecule has 146 valence electrons. The van der Waals surface area contributed by atoms with E-state index in [-0.39, 0.29) is 5.92 Å². The normalized spacial score (nSPS) is 12.0. The lowest BCUT2D eigenvalue weighted by Crippen LogP contribution is -2.37. The minimum Gasteiger partial charge on any atom is -0.493 e. The first-order valence-electron chi connectivity index (χ1n) is 8.90. The molecule has 2 aromatic carbocycles. The molecule has 5 nitrogen and oxygen atoms in total. The molecule has 0 fully saturated rings. The van der Waals surface area contributed by atoms with Crippen LogP contribution in [0.4, 0.5) is 0 Å². The van der Waals surface area contributed by atoms with Crippen molar-refractivity contribution in [3.63, 3.8) is 0 Å². The zero-order valence-corrected chi connectivity index (χ0v) is 16.6. The van der Waals surface area contributed by atoms with Gasteiger partial charge in [0.05, 0.1) is 7.11 Å². The van der Waals surface area contributed by atoms with Gasteiger partial charge < -0.3 is 19.9 Å². The van der Waals surface area contributed by atoms with E-state index in [0.29, 0.717) is 36.1 Å². The van der Waals surface area contributed by atoms with Crippen molar-refractivity contribution in [3.05, 3.63) is 58.6 Å². The van der Waals surface area contributed by atoms with Crippen LogP contribution in [-0.4, -0.2) is 24.2 Å². The number of halogens is 1. The van der Waals surface area contributed by atoms with Crippen molar-refractivity contribution in [1.29, 1.82) is 0 Å². The monoisotopic (exact) mass is 391 g/mol. The number of methoxy groups -OCH3 is 1. The SMILES string of the molecule is COc1cccc(CNC(CC(C)C)C(=O)O)c1OCc1cccc(Cl)c1. The number of rotatable bonds is 10. The van der Waals surface area contributed by atoms with Crippen LogP contribution in [0.2, 0.25) is 5.02 Å². The first-order chi connectivity index (χ1) is 12.9. The number of carbonyl (C=O) groups is 1.